The molecular formula is C15H17N3S. The molecule has 1 unspecified atom stereocenters. The Morgan fingerprint density at radius 2 is 2.26 bits per heavy atom. The summed E-state index contributed by atoms with van der Waals surface area (Å²) >= 11 is 1.70. The molecule has 3 rings (SSSR count). The number of hydrogen-bond donors (Lipinski definition) is 2. The van der Waals surface area contributed by atoms with E-state index in [9.17, 15) is 0 Å². The van der Waals surface area contributed by atoms with E-state index >= 15 is 0 Å². The third kappa shape index (κ3) is 2.69. The van der Waals surface area contributed by atoms with E-state index in [1.54, 1.807) is 11.3 Å². The van der Waals surface area contributed by atoms with Crippen LogP contribution in [0.5, 0.6) is 0 Å². The second-order valence-corrected chi connectivity index (χ2v) is 5.58. The molecule has 3 nitrogen and oxygen atoms in total. The molecule has 4 heteroatoms. The van der Waals surface area contributed by atoms with E-state index in [4.69, 9.17) is 0 Å². The molecule has 1 aromatic carbocycles. The molecule has 0 bridgehead atoms. The van der Waals surface area contributed by atoms with E-state index in [2.05, 4.69) is 52.7 Å². The van der Waals surface area contributed by atoms with E-state index in [0.717, 1.165) is 18.0 Å². The zero-order chi connectivity index (χ0) is 13.1. The SMILES string of the molecule is CC(NCCc1c[nH]c2ccccc12)c1nccs1. The van der Waals surface area contributed by atoms with Crippen molar-refractivity contribution in [2.24, 2.45) is 0 Å². The van der Waals surface area contributed by atoms with Gasteiger partial charge in [-0.3, -0.25) is 0 Å². The quantitative estimate of drug-likeness (QED) is 0.745. The predicted octanol–water partition coefficient (Wildman–Crippen LogP) is 3.52. The molecular weight excluding hydrogens is 254 g/mol. The molecule has 0 saturated heterocycles. The summed E-state index contributed by atoms with van der Waals surface area (Å²) in [5.41, 5.74) is 2.58. The molecule has 0 aliphatic rings. The van der Waals surface area contributed by atoms with E-state index in [1.165, 1.54) is 16.5 Å². The van der Waals surface area contributed by atoms with Gasteiger partial charge < -0.3 is 10.3 Å². The van der Waals surface area contributed by atoms with Gasteiger partial charge in [-0.15, -0.1) is 11.3 Å². The van der Waals surface area contributed by atoms with Crippen LogP contribution in [-0.4, -0.2) is 16.5 Å². The lowest BCUT2D eigenvalue weighted by Gasteiger charge is -2.10. The van der Waals surface area contributed by atoms with Gasteiger partial charge in [0.2, 0.25) is 0 Å². The summed E-state index contributed by atoms with van der Waals surface area (Å²) in [5.74, 6) is 0. The van der Waals surface area contributed by atoms with Crippen LogP contribution in [0.4, 0.5) is 0 Å². The van der Waals surface area contributed by atoms with Gasteiger partial charge in [-0.05, 0) is 31.5 Å². The number of aromatic nitrogens is 2. The lowest BCUT2D eigenvalue weighted by atomic mass is 10.1. The Morgan fingerprint density at radius 3 is 3.11 bits per heavy atom. The first kappa shape index (κ1) is 12.4. The van der Waals surface area contributed by atoms with Crippen molar-refractivity contribution in [1.29, 1.82) is 0 Å². The Labute approximate surface area is 116 Å². The maximum atomic E-state index is 4.33. The molecule has 0 aliphatic carbocycles. The largest absolute Gasteiger partial charge is 0.361 e. The summed E-state index contributed by atoms with van der Waals surface area (Å²) in [6, 6.07) is 8.76. The summed E-state index contributed by atoms with van der Waals surface area (Å²) in [6.07, 6.45) is 5.00. The van der Waals surface area contributed by atoms with Crippen molar-refractivity contribution < 1.29 is 0 Å². The number of benzene rings is 1. The van der Waals surface area contributed by atoms with Crippen molar-refractivity contribution in [3.05, 3.63) is 52.6 Å². The van der Waals surface area contributed by atoms with Gasteiger partial charge in [0, 0.05) is 28.7 Å². The van der Waals surface area contributed by atoms with E-state index < -0.39 is 0 Å². The number of nitrogens with one attached hydrogen (secondary N) is 2. The third-order valence-electron chi connectivity index (χ3n) is 3.34. The van der Waals surface area contributed by atoms with Gasteiger partial charge in [0.25, 0.3) is 0 Å². The van der Waals surface area contributed by atoms with E-state index in [-0.39, 0.29) is 0 Å². The lowest BCUT2D eigenvalue weighted by molar-refractivity contribution is 0.575. The molecule has 2 aromatic heterocycles. The number of H-pyrrole nitrogens is 1. The molecule has 0 amide bonds. The molecule has 0 aliphatic heterocycles. The third-order valence-corrected chi connectivity index (χ3v) is 4.30. The van der Waals surface area contributed by atoms with Crippen LogP contribution in [-0.2, 0) is 6.42 Å². The number of para-hydroxylation sites is 1. The molecule has 0 fully saturated rings. The normalized spacial score (nSPS) is 12.9. The summed E-state index contributed by atoms with van der Waals surface area (Å²) < 4.78 is 0. The molecule has 98 valence electrons. The number of hydrogen-bond acceptors (Lipinski definition) is 3. The van der Waals surface area contributed by atoms with E-state index in [1.807, 2.05) is 11.6 Å². The highest BCUT2D eigenvalue weighted by Gasteiger charge is 2.07. The van der Waals surface area contributed by atoms with E-state index in [0.29, 0.717) is 6.04 Å². The number of thiazole rings is 1. The Morgan fingerprint density at radius 1 is 1.37 bits per heavy atom. The average molecular weight is 271 g/mol. The van der Waals surface area contributed by atoms with Crippen LogP contribution in [0.3, 0.4) is 0 Å². The Kier molecular flexibility index (Phi) is 3.62. The van der Waals surface area contributed by atoms with Crippen LogP contribution in [0.1, 0.15) is 23.5 Å². The van der Waals surface area contributed by atoms with Crippen molar-refractivity contribution in [3.63, 3.8) is 0 Å². The lowest BCUT2D eigenvalue weighted by Crippen LogP contribution is -2.21. The van der Waals surface area contributed by atoms with Crippen LogP contribution in [0, 0.1) is 0 Å². The number of nitrogens with zero attached hydrogens (tertiary/aromatic N) is 1. The first-order chi connectivity index (χ1) is 9.34. The van der Waals surface area contributed by atoms with Gasteiger partial charge >= 0.3 is 0 Å². The Hall–Kier alpha value is -1.65. The van der Waals surface area contributed by atoms with Crippen LogP contribution >= 0.6 is 11.3 Å². The number of aromatic amines is 1. The first-order valence-electron chi connectivity index (χ1n) is 6.52. The maximum Gasteiger partial charge on any atom is 0.109 e. The molecule has 19 heavy (non-hydrogen) atoms. The average Bonchev–Trinajstić information content (AvgIpc) is 3.08. The zero-order valence-electron chi connectivity index (χ0n) is 10.9. The van der Waals surface area contributed by atoms with Crippen molar-refractivity contribution in [2.45, 2.75) is 19.4 Å². The maximum absolute atomic E-state index is 4.33. The molecule has 1 atom stereocenters. The second kappa shape index (κ2) is 5.55. The monoisotopic (exact) mass is 271 g/mol. The zero-order valence-corrected chi connectivity index (χ0v) is 11.7. The second-order valence-electron chi connectivity index (χ2n) is 4.66. The highest BCUT2D eigenvalue weighted by molar-refractivity contribution is 7.09. The van der Waals surface area contributed by atoms with Crippen LogP contribution in [0.15, 0.2) is 42.0 Å². The molecule has 0 radical (unpaired) electrons. The Balaban J connectivity index is 1.61. The minimum absolute atomic E-state index is 0.324. The van der Waals surface area contributed by atoms with Crippen LogP contribution < -0.4 is 5.32 Å². The molecule has 3 aromatic rings. The van der Waals surface area contributed by atoms with Crippen molar-refractivity contribution in [1.82, 2.24) is 15.3 Å². The van der Waals surface area contributed by atoms with Gasteiger partial charge in [0.1, 0.15) is 5.01 Å². The van der Waals surface area contributed by atoms with Gasteiger partial charge in [-0.2, -0.15) is 0 Å². The highest BCUT2D eigenvalue weighted by atomic mass is 32.1. The van der Waals surface area contributed by atoms with Crippen molar-refractivity contribution in [3.8, 4) is 0 Å². The fourth-order valence-electron chi connectivity index (χ4n) is 2.30. The standard InChI is InChI=1S/C15H17N3S/c1-11(15-17-8-9-19-15)16-7-6-12-10-18-14-5-3-2-4-13(12)14/h2-5,8-11,16,18H,6-7H2,1H3. The molecule has 0 spiro atoms. The van der Waals surface area contributed by atoms with Crippen LogP contribution in [0.2, 0.25) is 0 Å². The van der Waals surface area contributed by atoms with Gasteiger partial charge in [-0.1, -0.05) is 18.2 Å². The van der Waals surface area contributed by atoms with Crippen molar-refractivity contribution in [2.75, 3.05) is 6.54 Å². The van der Waals surface area contributed by atoms with Crippen molar-refractivity contribution >= 4 is 22.2 Å². The fourth-order valence-corrected chi connectivity index (χ4v) is 2.97. The topological polar surface area (TPSA) is 40.7 Å². The minimum atomic E-state index is 0.324. The smallest absolute Gasteiger partial charge is 0.109 e. The molecule has 2 N–H and O–H groups in total. The summed E-state index contributed by atoms with van der Waals surface area (Å²) in [4.78, 5) is 7.65. The van der Waals surface area contributed by atoms with Crippen LogP contribution in [0.25, 0.3) is 10.9 Å². The highest BCUT2D eigenvalue weighted by Crippen LogP contribution is 2.18. The molecule has 0 saturated carbocycles. The first-order valence-corrected chi connectivity index (χ1v) is 7.40. The van der Waals surface area contributed by atoms with Gasteiger partial charge in [-0.25, -0.2) is 4.98 Å². The summed E-state index contributed by atoms with van der Waals surface area (Å²) in [5, 5.41) is 8.02. The summed E-state index contributed by atoms with van der Waals surface area (Å²) in [7, 11) is 0. The number of rotatable bonds is 5. The fraction of sp³-hybridized carbons (Fsp3) is 0.267. The Bertz CT molecular complexity index is 642. The number of fused-ring (bicyclic) bond motifs is 1. The molecule has 2 heterocycles. The van der Waals surface area contributed by atoms with Gasteiger partial charge in [0.15, 0.2) is 0 Å². The summed E-state index contributed by atoms with van der Waals surface area (Å²) in [6.45, 7) is 3.12. The minimum Gasteiger partial charge on any atom is -0.361 e. The van der Waals surface area contributed by atoms with Gasteiger partial charge in [0.05, 0.1) is 6.04 Å². The predicted molar refractivity (Wildman–Crippen MR) is 80.5 cm³/mol.